The summed E-state index contributed by atoms with van der Waals surface area (Å²) in [5, 5.41) is 73.5. The maximum Gasteiger partial charge on any atom is 0.339 e. The molecule has 5 amide bonds. The smallest absolute Gasteiger partial charge is 0.339 e. The highest BCUT2D eigenvalue weighted by Crippen LogP contribution is 2.34. The number of carboxylic acid groups (broad SMARTS) is 1. The fourth-order valence-electron chi connectivity index (χ4n) is 6.51. The zero-order valence-electron chi connectivity index (χ0n) is 33.0. The van der Waals surface area contributed by atoms with Gasteiger partial charge in [0.25, 0.3) is 23.6 Å². The lowest BCUT2D eigenvalue weighted by atomic mass is 10.0. The largest absolute Gasteiger partial charge is 0.507 e. The van der Waals surface area contributed by atoms with Gasteiger partial charge in [0.05, 0.1) is 70.8 Å². The normalized spacial score (nSPS) is 15.3. The molecular formula is C42H36N10O11S. The summed E-state index contributed by atoms with van der Waals surface area (Å²) in [5.74, 6) is -6.27. The van der Waals surface area contributed by atoms with E-state index in [2.05, 4.69) is 52.0 Å². The number of rotatable bonds is 15. The first-order valence-corrected chi connectivity index (χ1v) is 20.0. The van der Waals surface area contributed by atoms with Gasteiger partial charge in [0.15, 0.2) is 0 Å². The molecule has 0 saturated heterocycles. The monoisotopic (exact) mass is 888 g/mol. The van der Waals surface area contributed by atoms with Crippen molar-refractivity contribution in [1.29, 1.82) is 0 Å². The molecule has 5 aromatic rings. The van der Waals surface area contributed by atoms with Crippen LogP contribution in [0.3, 0.4) is 0 Å². The molecule has 21 nitrogen and oxygen atoms in total. The van der Waals surface area contributed by atoms with Gasteiger partial charge < -0.3 is 52.1 Å². The first kappa shape index (κ1) is 43.9. The Morgan fingerprint density at radius 3 is 2.05 bits per heavy atom. The van der Waals surface area contributed by atoms with Gasteiger partial charge in [-0.15, -0.1) is 11.8 Å². The van der Waals surface area contributed by atoms with Crippen molar-refractivity contribution in [2.45, 2.75) is 37.0 Å². The van der Waals surface area contributed by atoms with E-state index in [9.17, 15) is 54.3 Å². The zero-order valence-corrected chi connectivity index (χ0v) is 33.8. The van der Waals surface area contributed by atoms with Gasteiger partial charge in [0.2, 0.25) is 5.91 Å². The molecule has 64 heavy (non-hydrogen) atoms. The number of aromatic nitrogens is 4. The second-order valence-corrected chi connectivity index (χ2v) is 15.0. The van der Waals surface area contributed by atoms with Crippen molar-refractivity contribution in [1.82, 2.24) is 25.7 Å². The molecule has 11 N–H and O–H groups in total. The van der Waals surface area contributed by atoms with Crippen molar-refractivity contribution in [3.8, 4) is 11.5 Å². The minimum atomic E-state index is -1.47. The van der Waals surface area contributed by atoms with E-state index in [0.29, 0.717) is 17.0 Å². The van der Waals surface area contributed by atoms with E-state index in [-0.39, 0.29) is 68.6 Å². The number of H-pyrrole nitrogens is 1. The quantitative estimate of drug-likeness (QED) is 0.0720. The molecule has 3 aromatic carbocycles. The molecule has 326 valence electrons. The Labute approximate surface area is 365 Å². The van der Waals surface area contributed by atoms with Gasteiger partial charge >= 0.3 is 5.97 Å². The number of hydrogen-bond donors (Lipinski definition) is 11. The Bertz CT molecular complexity index is 2740. The van der Waals surface area contributed by atoms with Gasteiger partial charge in [0, 0.05) is 34.4 Å². The molecule has 1 aliphatic carbocycles. The number of aliphatic hydroxyl groups excluding tert-OH is 2. The molecule has 0 fully saturated rings. The van der Waals surface area contributed by atoms with Gasteiger partial charge in [-0.1, -0.05) is 18.2 Å². The van der Waals surface area contributed by atoms with E-state index in [1.807, 2.05) is 12.2 Å². The standard InChI is InChI=1S/C42H36N10O11S/c53-17-27-30(11-7-25(35(27)55)39(59)48-29-12-8-26(42(62)63)36(56)28(29)18-54)49-40(60)32-10-6-23(15-43-32)47-41(61)33(14-24-16-45-52-51-24)50-37(57)20-1-4-22(5-2-20)46-38(58)21-3-9-31-34(13-21)64-19-44-31/h1-13,15-16,19,31,33-34,53-56H,14,17-18H2,(H,46,58)(H,47,61)(H,48,59)(H,49,60)(H,50,57)(H,62,63)(H,45,51,52)/t31?,33-,34?/m0/s1. The van der Waals surface area contributed by atoms with Crippen LogP contribution in [0.25, 0.3) is 0 Å². The number of carboxylic acids is 1. The highest BCUT2D eigenvalue weighted by molar-refractivity contribution is 8.13. The van der Waals surface area contributed by atoms with Crippen LogP contribution in [-0.4, -0.2) is 104 Å². The molecule has 1 aliphatic heterocycles. The maximum atomic E-state index is 13.5. The summed E-state index contributed by atoms with van der Waals surface area (Å²) in [5.41, 5.74) is 1.63. The number of fused-ring (bicyclic) bond motifs is 1. The summed E-state index contributed by atoms with van der Waals surface area (Å²) in [4.78, 5) is 85.9. The Balaban J connectivity index is 0.973. The van der Waals surface area contributed by atoms with E-state index < -0.39 is 65.9 Å². The highest BCUT2D eigenvalue weighted by Gasteiger charge is 2.27. The number of thioether (sulfide) groups is 1. The number of anilines is 4. The van der Waals surface area contributed by atoms with Crippen LogP contribution in [-0.2, 0) is 29.2 Å². The molecule has 3 atom stereocenters. The van der Waals surface area contributed by atoms with Crippen molar-refractivity contribution in [2.24, 2.45) is 4.99 Å². The summed E-state index contributed by atoms with van der Waals surface area (Å²) in [6.07, 6.45) is 7.98. The topological polar surface area (TPSA) is 331 Å². The van der Waals surface area contributed by atoms with Crippen LogP contribution in [0.2, 0.25) is 0 Å². The van der Waals surface area contributed by atoms with Gasteiger partial charge in [-0.3, -0.25) is 29.0 Å². The molecule has 0 saturated carbocycles. The Morgan fingerprint density at radius 2 is 1.41 bits per heavy atom. The second-order valence-electron chi connectivity index (χ2n) is 14.0. The summed E-state index contributed by atoms with van der Waals surface area (Å²) < 4.78 is 0. The number of hydrogen-bond acceptors (Lipinski definition) is 15. The first-order chi connectivity index (χ1) is 30.8. The van der Waals surface area contributed by atoms with Crippen molar-refractivity contribution in [3.05, 3.63) is 136 Å². The Kier molecular flexibility index (Phi) is 13.2. The minimum absolute atomic E-state index is 0.0142. The van der Waals surface area contributed by atoms with Gasteiger partial charge in [-0.25, -0.2) is 9.78 Å². The fourth-order valence-corrected chi connectivity index (χ4v) is 7.40. The molecule has 2 aromatic heterocycles. The molecule has 0 spiro atoms. The number of nitrogens with one attached hydrogen (secondary N) is 6. The fraction of sp³-hybridized carbons (Fsp3) is 0.143. The van der Waals surface area contributed by atoms with Crippen LogP contribution in [0.5, 0.6) is 11.5 Å². The lowest BCUT2D eigenvalue weighted by Gasteiger charge is -2.18. The molecule has 7 rings (SSSR count). The summed E-state index contributed by atoms with van der Waals surface area (Å²) in [7, 11) is 0. The van der Waals surface area contributed by atoms with E-state index in [0.717, 1.165) is 18.2 Å². The number of aliphatic imine (C=N–C) groups is 1. The number of benzene rings is 3. The first-order valence-electron chi connectivity index (χ1n) is 19.0. The number of pyridine rings is 1. The molecule has 2 aliphatic rings. The van der Waals surface area contributed by atoms with Crippen molar-refractivity contribution < 1.29 is 54.3 Å². The highest BCUT2D eigenvalue weighted by atomic mass is 32.2. The molecule has 2 unspecified atom stereocenters. The van der Waals surface area contributed by atoms with E-state index in [1.165, 1.54) is 54.5 Å². The van der Waals surface area contributed by atoms with E-state index in [1.54, 1.807) is 23.8 Å². The van der Waals surface area contributed by atoms with Crippen molar-refractivity contribution >= 4 is 75.6 Å². The van der Waals surface area contributed by atoms with Crippen LogP contribution in [0.15, 0.2) is 102 Å². The SMILES string of the molecule is O=C(Nc1ccc(C(=O)N[C@@H](Cc2cn[nH]n2)C(=O)Nc2ccc(C(=O)Nc3ccc(C(=O)Nc4ccc(C(=O)O)c(O)c4CO)c(O)c3CO)nc2)cc1)C1=CC2SC=NC2C=C1. The Hall–Kier alpha value is -8.21. The van der Waals surface area contributed by atoms with Crippen LogP contribution in [0.1, 0.15) is 58.4 Å². The Morgan fingerprint density at radius 1 is 0.734 bits per heavy atom. The third-order valence-corrected chi connectivity index (χ3v) is 10.9. The molecule has 22 heteroatoms. The summed E-state index contributed by atoms with van der Waals surface area (Å²) in [6, 6.07) is 12.1. The number of carbonyl (C=O) groups excluding carboxylic acids is 5. The number of nitrogens with zero attached hydrogens (tertiary/aromatic N) is 4. The van der Waals surface area contributed by atoms with Gasteiger partial charge in [0.1, 0.15) is 28.8 Å². The number of aliphatic hydroxyl groups is 2. The van der Waals surface area contributed by atoms with Crippen LogP contribution in [0.4, 0.5) is 22.7 Å². The summed E-state index contributed by atoms with van der Waals surface area (Å²) >= 11 is 1.53. The number of carbonyl (C=O) groups is 6. The molecule has 0 bridgehead atoms. The number of aromatic hydroxyl groups is 2. The third kappa shape index (κ3) is 9.78. The number of phenols is 2. The molecular weight excluding hydrogens is 853 g/mol. The third-order valence-electron chi connectivity index (χ3n) is 9.89. The van der Waals surface area contributed by atoms with Gasteiger partial charge in [-0.2, -0.15) is 15.4 Å². The predicted molar refractivity (Wildman–Crippen MR) is 231 cm³/mol. The average molecular weight is 889 g/mol. The van der Waals surface area contributed by atoms with E-state index in [4.69, 9.17) is 0 Å². The molecule has 3 heterocycles. The van der Waals surface area contributed by atoms with Crippen molar-refractivity contribution in [3.63, 3.8) is 0 Å². The minimum Gasteiger partial charge on any atom is -0.507 e. The second kappa shape index (κ2) is 19.2. The lowest BCUT2D eigenvalue weighted by Crippen LogP contribution is -2.45. The van der Waals surface area contributed by atoms with Crippen LogP contribution in [0, 0.1) is 0 Å². The van der Waals surface area contributed by atoms with Crippen LogP contribution >= 0.6 is 11.8 Å². The summed E-state index contributed by atoms with van der Waals surface area (Å²) in [6.45, 7) is -1.67. The predicted octanol–water partition coefficient (Wildman–Crippen LogP) is 2.73. The number of aromatic carboxylic acids is 1. The number of aromatic amines is 1. The van der Waals surface area contributed by atoms with E-state index >= 15 is 0 Å². The van der Waals surface area contributed by atoms with Crippen LogP contribution < -0.4 is 26.6 Å². The zero-order chi connectivity index (χ0) is 45.5. The lowest BCUT2D eigenvalue weighted by molar-refractivity contribution is -0.118. The maximum absolute atomic E-state index is 13.5. The molecule has 0 radical (unpaired) electrons. The number of amides is 5. The van der Waals surface area contributed by atoms with Crippen molar-refractivity contribution in [2.75, 3.05) is 21.3 Å². The van der Waals surface area contributed by atoms with Gasteiger partial charge in [-0.05, 0) is 60.7 Å². The average Bonchev–Trinajstić information content (AvgIpc) is 3.99.